The summed E-state index contributed by atoms with van der Waals surface area (Å²) < 4.78 is 1.60. The average Bonchev–Trinajstić information content (AvgIpc) is 3.19. The Hall–Kier alpha value is -3.78. The first-order valence-electron chi connectivity index (χ1n) is 9.36. The molecule has 0 bridgehead atoms. The molecular weight excluding hydrogens is 384 g/mol. The Labute approximate surface area is 173 Å². The fraction of sp³-hybridized carbons (Fsp3) is 0.182. The SMILES string of the molecule is Cn1ccnc1C(=O)c1cccc(NC(=O)C(=O)NC(CO)Cc2ccccc2)c1. The number of hydrogen-bond acceptors (Lipinski definition) is 5. The van der Waals surface area contributed by atoms with Gasteiger partial charge in [0.15, 0.2) is 5.82 Å². The fourth-order valence-electron chi connectivity index (χ4n) is 2.95. The van der Waals surface area contributed by atoms with Crippen molar-refractivity contribution in [2.45, 2.75) is 12.5 Å². The Kier molecular flexibility index (Phi) is 6.71. The molecule has 3 N–H and O–H groups in total. The monoisotopic (exact) mass is 406 g/mol. The van der Waals surface area contributed by atoms with Gasteiger partial charge in [0.25, 0.3) is 0 Å². The minimum Gasteiger partial charge on any atom is -0.394 e. The molecule has 3 rings (SSSR count). The number of aliphatic hydroxyl groups excluding tert-OH is 1. The average molecular weight is 406 g/mol. The number of rotatable bonds is 7. The molecule has 1 unspecified atom stereocenters. The van der Waals surface area contributed by atoms with Crippen LogP contribution in [0.3, 0.4) is 0 Å². The van der Waals surface area contributed by atoms with Crippen LogP contribution in [0.1, 0.15) is 21.7 Å². The lowest BCUT2D eigenvalue weighted by molar-refractivity contribution is -0.136. The number of ketones is 1. The Bertz CT molecular complexity index is 1050. The third kappa shape index (κ3) is 5.18. The number of imidazole rings is 1. The Morgan fingerprint density at radius 1 is 1.07 bits per heavy atom. The van der Waals surface area contributed by atoms with Gasteiger partial charge in [-0.3, -0.25) is 14.4 Å². The van der Waals surface area contributed by atoms with E-state index in [9.17, 15) is 19.5 Å². The second-order valence-electron chi connectivity index (χ2n) is 6.77. The number of benzene rings is 2. The van der Waals surface area contributed by atoms with Crippen molar-refractivity contribution in [2.24, 2.45) is 7.05 Å². The van der Waals surface area contributed by atoms with E-state index in [1.807, 2.05) is 30.3 Å². The van der Waals surface area contributed by atoms with Crippen molar-refractivity contribution in [1.29, 1.82) is 0 Å². The molecule has 154 valence electrons. The lowest BCUT2D eigenvalue weighted by Crippen LogP contribution is -2.44. The zero-order valence-corrected chi connectivity index (χ0v) is 16.4. The second-order valence-corrected chi connectivity index (χ2v) is 6.77. The molecular formula is C22H22N4O4. The van der Waals surface area contributed by atoms with Gasteiger partial charge in [-0.2, -0.15) is 0 Å². The predicted octanol–water partition coefficient (Wildman–Crippen LogP) is 1.31. The van der Waals surface area contributed by atoms with Crippen LogP contribution in [0, 0.1) is 0 Å². The highest BCUT2D eigenvalue weighted by molar-refractivity contribution is 6.39. The van der Waals surface area contributed by atoms with Crippen LogP contribution in [0.15, 0.2) is 67.0 Å². The summed E-state index contributed by atoms with van der Waals surface area (Å²) in [7, 11) is 1.71. The van der Waals surface area contributed by atoms with Gasteiger partial charge < -0.3 is 20.3 Å². The van der Waals surface area contributed by atoms with E-state index < -0.39 is 17.9 Å². The number of amides is 2. The fourth-order valence-corrected chi connectivity index (χ4v) is 2.95. The molecule has 0 aliphatic carbocycles. The van der Waals surface area contributed by atoms with Gasteiger partial charge in [-0.05, 0) is 24.1 Å². The smallest absolute Gasteiger partial charge is 0.313 e. The lowest BCUT2D eigenvalue weighted by atomic mass is 10.1. The van der Waals surface area contributed by atoms with Crippen molar-refractivity contribution in [3.05, 3.63) is 83.9 Å². The zero-order chi connectivity index (χ0) is 21.5. The molecule has 3 aromatic rings. The minimum atomic E-state index is -0.886. The molecule has 8 heteroatoms. The predicted molar refractivity (Wildman–Crippen MR) is 111 cm³/mol. The van der Waals surface area contributed by atoms with E-state index in [1.165, 1.54) is 12.3 Å². The lowest BCUT2D eigenvalue weighted by Gasteiger charge is -2.16. The molecule has 0 saturated carbocycles. The summed E-state index contributed by atoms with van der Waals surface area (Å²) in [6.07, 6.45) is 3.58. The molecule has 1 heterocycles. The maximum absolute atomic E-state index is 12.6. The number of carbonyl (C=O) groups is 3. The van der Waals surface area contributed by atoms with Crippen LogP contribution in [0.25, 0.3) is 0 Å². The van der Waals surface area contributed by atoms with E-state index in [0.29, 0.717) is 17.7 Å². The summed E-state index contributed by atoms with van der Waals surface area (Å²) in [5, 5.41) is 14.5. The summed E-state index contributed by atoms with van der Waals surface area (Å²) in [5.41, 5.74) is 1.57. The highest BCUT2D eigenvalue weighted by atomic mass is 16.3. The first kappa shape index (κ1) is 20.9. The highest BCUT2D eigenvalue weighted by Gasteiger charge is 2.20. The minimum absolute atomic E-state index is 0.267. The van der Waals surface area contributed by atoms with Gasteiger partial charge >= 0.3 is 11.8 Å². The van der Waals surface area contributed by atoms with E-state index >= 15 is 0 Å². The summed E-state index contributed by atoms with van der Waals surface area (Å²) in [5.74, 6) is -1.79. The van der Waals surface area contributed by atoms with Crippen LogP contribution in [0.2, 0.25) is 0 Å². The van der Waals surface area contributed by atoms with Gasteiger partial charge in [-0.15, -0.1) is 0 Å². The van der Waals surface area contributed by atoms with Crippen molar-refractivity contribution >= 4 is 23.3 Å². The molecule has 0 aliphatic rings. The standard InChI is InChI=1S/C22H22N4O4/c1-26-11-10-23-20(26)19(28)16-8-5-9-17(13-16)24-21(29)22(30)25-18(14-27)12-15-6-3-2-4-7-15/h2-11,13,18,27H,12,14H2,1H3,(H,24,29)(H,25,30). The molecule has 1 aromatic heterocycles. The van der Waals surface area contributed by atoms with Crippen LogP contribution in [-0.2, 0) is 23.1 Å². The van der Waals surface area contributed by atoms with Crippen molar-refractivity contribution in [1.82, 2.24) is 14.9 Å². The quantitative estimate of drug-likeness (QED) is 0.404. The number of hydrogen-bond donors (Lipinski definition) is 3. The van der Waals surface area contributed by atoms with Crippen molar-refractivity contribution in [2.75, 3.05) is 11.9 Å². The van der Waals surface area contributed by atoms with E-state index in [0.717, 1.165) is 5.56 Å². The summed E-state index contributed by atoms with van der Waals surface area (Å²) in [6, 6.07) is 15.0. The highest BCUT2D eigenvalue weighted by Crippen LogP contribution is 2.14. The molecule has 0 saturated heterocycles. The van der Waals surface area contributed by atoms with Gasteiger partial charge in [0, 0.05) is 30.7 Å². The molecule has 0 fully saturated rings. The van der Waals surface area contributed by atoms with E-state index in [-0.39, 0.29) is 18.2 Å². The van der Waals surface area contributed by atoms with Gasteiger partial charge in [0.2, 0.25) is 5.78 Å². The summed E-state index contributed by atoms with van der Waals surface area (Å²) in [6.45, 7) is -0.304. The first-order chi connectivity index (χ1) is 14.5. The molecule has 2 aromatic carbocycles. The summed E-state index contributed by atoms with van der Waals surface area (Å²) >= 11 is 0. The molecule has 0 radical (unpaired) electrons. The number of anilines is 1. The van der Waals surface area contributed by atoms with E-state index in [2.05, 4.69) is 15.6 Å². The van der Waals surface area contributed by atoms with Crippen molar-refractivity contribution < 1.29 is 19.5 Å². The molecule has 1 atom stereocenters. The molecule has 0 spiro atoms. The first-order valence-corrected chi connectivity index (χ1v) is 9.36. The summed E-state index contributed by atoms with van der Waals surface area (Å²) in [4.78, 5) is 41.1. The zero-order valence-electron chi connectivity index (χ0n) is 16.4. The number of nitrogens with one attached hydrogen (secondary N) is 2. The van der Waals surface area contributed by atoms with Gasteiger partial charge in [0.1, 0.15) is 0 Å². The second kappa shape index (κ2) is 9.62. The number of aliphatic hydroxyl groups is 1. The third-order valence-corrected chi connectivity index (χ3v) is 4.49. The van der Waals surface area contributed by atoms with E-state index in [1.54, 1.807) is 36.0 Å². The van der Waals surface area contributed by atoms with Crippen LogP contribution in [0.5, 0.6) is 0 Å². The number of aryl methyl sites for hydroxylation is 1. The van der Waals surface area contributed by atoms with Gasteiger partial charge in [0.05, 0.1) is 12.6 Å². The normalized spacial score (nSPS) is 11.5. The van der Waals surface area contributed by atoms with E-state index in [4.69, 9.17) is 0 Å². The largest absolute Gasteiger partial charge is 0.394 e. The molecule has 8 nitrogen and oxygen atoms in total. The van der Waals surface area contributed by atoms with Crippen molar-refractivity contribution in [3.8, 4) is 0 Å². The Balaban J connectivity index is 1.63. The van der Waals surface area contributed by atoms with Crippen LogP contribution >= 0.6 is 0 Å². The van der Waals surface area contributed by atoms with Crippen LogP contribution in [-0.4, -0.2) is 44.9 Å². The van der Waals surface area contributed by atoms with Gasteiger partial charge in [-0.25, -0.2) is 4.98 Å². The molecule has 0 aliphatic heterocycles. The Morgan fingerprint density at radius 2 is 1.83 bits per heavy atom. The van der Waals surface area contributed by atoms with Crippen LogP contribution < -0.4 is 10.6 Å². The van der Waals surface area contributed by atoms with Crippen LogP contribution in [0.4, 0.5) is 5.69 Å². The number of carbonyl (C=O) groups excluding carboxylic acids is 3. The number of aromatic nitrogens is 2. The molecule has 30 heavy (non-hydrogen) atoms. The van der Waals surface area contributed by atoms with Gasteiger partial charge in [-0.1, -0.05) is 42.5 Å². The maximum atomic E-state index is 12.6. The van der Waals surface area contributed by atoms with Crippen molar-refractivity contribution in [3.63, 3.8) is 0 Å². The topological polar surface area (TPSA) is 113 Å². The number of nitrogens with zero attached hydrogens (tertiary/aromatic N) is 2. The third-order valence-electron chi connectivity index (χ3n) is 4.49. The molecule has 2 amide bonds. The maximum Gasteiger partial charge on any atom is 0.313 e. The Morgan fingerprint density at radius 3 is 2.50 bits per heavy atom.